The predicted octanol–water partition coefficient (Wildman–Crippen LogP) is 2.38. The molecule has 1 N–H and O–H groups in total. The minimum atomic E-state index is -4.42. The highest BCUT2D eigenvalue weighted by atomic mass is 31.2. The molecule has 0 aliphatic carbocycles. The van der Waals surface area contributed by atoms with Crippen molar-refractivity contribution in [2.24, 2.45) is 0 Å². The Morgan fingerprint density at radius 3 is 1.78 bits per heavy atom. The lowest BCUT2D eigenvalue weighted by Crippen LogP contribution is -2.20. The molecule has 1 unspecified atom stereocenters. The van der Waals surface area contributed by atoms with Gasteiger partial charge in [0, 0.05) is 0 Å². The third-order valence-corrected chi connectivity index (χ3v) is 1.91. The van der Waals surface area contributed by atoms with Gasteiger partial charge in [0.05, 0.1) is 11.2 Å². The lowest BCUT2D eigenvalue weighted by Gasteiger charge is -2.20. The Labute approximate surface area is 105 Å². The predicted molar refractivity (Wildman–Crippen MR) is 56.9 cm³/mol. The van der Waals surface area contributed by atoms with Crippen molar-refractivity contribution in [1.29, 1.82) is 0 Å². The van der Waals surface area contributed by atoms with Gasteiger partial charge in [-0.15, -0.1) is 0 Å². The number of hydrogen-bond acceptors (Lipinski definition) is 8. The fraction of sp³-hybridized carbons (Fsp3) is 1.00. The number of hydrogen-bond donors (Lipinski definition) is 1. The quantitative estimate of drug-likeness (QED) is 0.327. The molecular formula is C8H19O9P. The van der Waals surface area contributed by atoms with Gasteiger partial charge in [-0.2, -0.15) is 4.89 Å². The van der Waals surface area contributed by atoms with Crippen molar-refractivity contribution < 1.29 is 43.7 Å². The lowest BCUT2D eigenvalue weighted by molar-refractivity contribution is -0.753. The van der Waals surface area contributed by atoms with Gasteiger partial charge in [0.25, 0.3) is 0 Å². The maximum atomic E-state index is 11.2. The molecule has 0 saturated heterocycles. The van der Waals surface area contributed by atoms with Crippen LogP contribution >= 0.6 is 7.82 Å². The van der Waals surface area contributed by atoms with Gasteiger partial charge in [-0.1, -0.05) is 4.67 Å². The van der Waals surface area contributed by atoms with Crippen LogP contribution in [0.25, 0.3) is 0 Å². The van der Waals surface area contributed by atoms with Gasteiger partial charge in [0.2, 0.25) is 0 Å². The highest BCUT2D eigenvalue weighted by Gasteiger charge is 2.30. The minimum Gasteiger partial charge on any atom is -0.301 e. The normalized spacial score (nSPS) is 16.6. The lowest BCUT2D eigenvalue weighted by atomic mass is 10.2. The molecular weight excluding hydrogens is 271 g/mol. The molecule has 0 aliphatic heterocycles. The van der Waals surface area contributed by atoms with E-state index in [-0.39, 0.29) is 0 Å². The molecule has 0 radical (unpaired) electrons. The second kappa shape index (κ2) is 6.90. The van der Waals surface area contributed by atoms with E-state index in [0.717, 1.165) is 0 Å². The van der Waals surface area contributed by atoms with Crippen LogP contribution in [0.3, 0.4) is 0 Å². The Hall–Kier alpha value is -0.0900. The zero-order valence-corrected chi connectivity index (χ0v) is 12.1. The van der Waals surface area contributed by atoms with Gasteiger partial charge in [-0.25, -0.2) is 4.57 Å². The molecule has 0 rings (SSSR count). The number of rotatable bonds is 7. The Morgan fingerprint density at radius 1 is 0.833 bits per heavy atom. The summed E-state index contributed by atoms with van der Waals surface area (Å²) in [5, 5.41) is 15.5. The minimum absolute atomic E-state index is 0.633. The van der Waals surface area contributed by atoms with E-state index in [2.05, 4.69) is 34.2 Å². The molecule has 0 saturated carbocycles. The SMILES string of the molecule is CC(C)(C)OOOOOOP(=O)(O)OC(C)(C)C. The zero-order valence-electron chi connectivity index (χ0n) is 11.2. The first-order chi connectivity index (χ1) is 7.91. The number of phosphoric ester groups is 1. The maximum absolute atomic E-state index is 11.2. The van der Waals surface area contributed by atoms with Crippen molar-refractivity contribution in [3.05, 3.63) is 0 Å². The van der Waals surface area contributed by atoms with Crippen LogP contribution in [0, 0.1) is 0 Å². The summed E-state index contributed by atoms with van der Waals surface area (Å²) in [5.41, 5.74) is -1.54. The van der Waals surface area contributed by atoms with Crippen LogP contribution < -0.4 is 0 Å². The smallest absolute Gasteiger partial charge is 0.301 e. The first-order valence-corrected chi connectivity index (χ1v) is 6.48. The van der Waals surface area contributed by atoms with E-state index in [4.69, 9.17) is 4.89 Å². The van der Waals surface area contributed by atoms with Crippen LogP contribution in [0.4, 0.5) is 0 Å². The van der Waals surface area contributed by atoms with Crippen LogP contribution in [0.5, 0.6) is 0 Å². The standard InChI is InChI=1S/C8H19O9P/c1-7(2,3)11-13-14-15-16-17-18(9,10)12-8(4,5)6/h1-6H3,(H,9,10). The third kappa shape index (κ3) is 12.4. The zero-order chi connectivity index (χ0) is 14.4. The summed E-state index contributed by atoms with van der Waals surface area (Å²) in [6.45, 7) is 9.72. The largest absolute Gasteiger partial charge is 0.502 e. The van der Waals surface area contributed by atoms with Crippen LogP contribution in [0.15, 0.2) is 0 Å². The molecule has 18 heavy (non-hydrogen) atoms. The molecule has 0 aromatic rings. The summed E-state index contributed by atoms with van der Waals surface area (Å²) in [6, 6.07) is 0. The molecule has 1 atom stereocenters. The summed E-state index contributed by atoms with van der Waals surface area (Å²) in [5.74, 6) is 0. The molecule has 0 bridgehead atoms. The van der Waals surface area contributed by atoms with Gasteiger partial charge in [-0.3, -0.25) is 4.52 Å². The number of phosphoric acid groups is 1. The van der Waals surface area contributed by atoms with Gasteiger partial charge >= 0.3 is 7.82 Å². The van der Waals surface area contributed by atoms with E-state index in [9.17, 15) is 4.57 Å². The fourth-order valence-corrected chi connectivity index (χ4v) is 1.38. The first-order valence-electron chi connectivity index (χ1n) is 4.99. The first kappa shape index (κ1) is 17.9. The molecule has 9 nitrogen and oxygen atoms in total. The Morgan fingerprint density at radius 2 is 1.33 bits per heavy atom. The average Bonchev–Trinajstić information content (AvgIpc) is 2.04. The molecule has 0 aliphatic rings. The highest BCUT2D eigenvalue weighted by Crippen LogP contribution is 2.47. The second-order valence-electron chi connectivity index (χ2n) is 5.21. The van der Waals surface area contributed by atoms with Crippen LogP contribution in [0.2, 0.25) is 0 Å². The summed E-state index contributed by atoms with van der Waals surface area (Å²) >= 11 is 0. The van der Waals surface area contributed by atoms with Crippen molar-refractivity contribution in [2.75, 3.05) is 0 Å². The van der Waals surface area contributed by atoms with Gasteiger partial charge < -0.3 is 4.89 Å². The average molecular weight is 290 g/mol. The fourth-order valence-electron chi connectivity index (χ4n) is 0.551. The Kier molecular flexibility index (Phi) is 6.86. The van der Waals surface area contributed by atoms with Crippen molar-refractivity contribution in [2.45, 2.75) is 52.7 Å². The molecule has 0 fully saturated rings. The summed E-state index contributed by atoms with van der Waals surface area (Å²) in [7, 11) is -4.42. The van der Waals surface area contributed by atoms with Gasteiger partial charge in [0.15, 0.2) is 0 Å². The molecule has 0 amide bonds. The van der Waals surface area contributed by atoms with E-state index < -0.39 is 19.0 Å². The summed E-state index contributed by atoms with van der Waals surface area (Å²) in [6.07, 6.45) is 0. The van der Waals surface area contributed by atoms with E-state index in [1.807, 2.05) is 0 Å². The molecule has 0 aromatic carbocycles. The Bertz CT molecular complexity index is 279. The highest BCUT2D eigenvalue weighted by molar-refractivity contribution is 7.47. The molecule has 0 heterocycles. The molecule has 110 valence electrons. The monoisotopic (exact) mass is 290 g/mol. The van der Waals surface area contributed by atoms with Crippen molar-refractivity contribution >= 4 is 7.82 Å². The van der Waals surface area contributed by atoms with E-state index in [1.54, 1.807) is 41.5 Å². The van der Waals surface area contributed by atoms with Gasteiger partial charge in [-0.05, 0) is 61.7 Å². The molecule has 0 spiro atoms. The van der Waals surface area contributed by atoms with E-state index in [0.29, 0.717) is 0 Å². The van der Waals surface area contributed by atoms with Crippen molar-refractivity contribution in [3.63, 3.8) is 0 Å². The van der Waals surface area contributed by atoms with Crippen LogP contribution in [-0.4, -0.2) is 16.1 Å². The third-order valence-electron chi connectivity index (χ3n) is 0.881. The summed E-state index contributed by atoms with van der Waals surface area (Å²) < 4.78 is 19.8. The second-order valence-corrected chi connectivity index (χ2v) is 6.48. The van der Waals surface area contributed by atoms with E-state index in [1.165, 1.54) is 0 Å². The topological polar surface area (TPSA) is 102 Å². The van der Waals surface area contributed by atoms with Crippen LogP contribution in [0.1, 0.15) is 41.5 Å². The molecule has 10 heteroatoms. The van der Waals surface area contributed by atoms with Crippen molar-refractivity contribution in [3.8, 4) is 0 Å². The van der Waals surface area contributed by atoms with Crippen molar-refractivity contribution in [1.82, 2.24) is 0 Å². The Balaban J connectivity index is 3.69. The van der Waals surface area contributed by atoms with Gasteiger partial charge in [0.1, 0.15) is 0 Å². The maximum Gasteiger partial charge on any atom is 0.502 e. The summed E-state index contributed by atoms with van der Waals surface area (Å²) in [4.78, 5) is 13.7. The molecule has 0 aromatic heterocycles. The van der Waals surface area contributed by atoms with Crippen LogP contribution in [-0.2, 0) is 38.8 Å². The van der Waals surface area contributed by atoms with E-state index >= 15 is 0 Å².